The predicted molar refractivity (Wildman–Crippen MR) is 94.5 cm³/mol. The van der Waals surface area contributed by atoms with Gasteiger partial charge in [-0.2, -0.15) is 8.42 Å². The van der Waals surface area contributed by atoms with E-state index in [-0.39, 0.29) is 4.21 Å². The zero-order valence-electron chi connectivity index (χ0n) is 12.2. The van der Waals surface area contributed by atoms with E-state index in [1.807, 2.05) is 12.1 Å². The molecule has 0 atom stereocenters. The average molecular weight is 379 g/mol. The zero-order valence-corrected chi connectivity index (χ0v) is 14.6. The Morgan fingerprint density at radius 1 is 1.21 bits per heavy atom. The topological polar surface area (TPSA) is 69.0 Å². The van der Waals surface area contributed by atoms with E-state index in [2.05, 4.69) is 4.98 Å². The second kappa shape index (κ2) is 6.72. The molecule has 3 rings (SSSR count). The molecule has 3 aromatic rings. The minimum absolute atomic E-state index is 0.211. The van der Waals surface area contributed by atoms with Gasteiger partial charge in [-0.05, 0) is 59.6 Å². The Bertz CT molecular complexity index is 1000. The van der Waals surface area contributed by atoms with E-state index < -0.39 is 15.3 Å². The minimum Gasteiger partial charge on any atom is -0.276 e. The first-order chi connectivity index (χ1) is 11.5. The number of nitrogens with zero attached hydrogens (tertiary/aromatic N) is 2. The Morgan fingerprint density at radius 2 is 2.04 bits per heavy atom. The van der Waals surface area contributed by atoms with Gasteiger partial charge in [-0.1, -0.05) is 6.07 Å². The maximum absolute atomic E-state index is 12.7. The summed E-state index contributed by atoms with van der Waals surface area (Å²) in [5.74, 6) is 0. The molecule has 122 valence electrons. The lowest BCUT2D eigenvalue weighted by atomic mass is 10.3. The van der Waals surface area contributed by atoms with Crippen molar-refractivity contribution in [3.63, 3.8) is 0 Å². The van der Waals surface area contributed by atoms with E-state index in [1.165, 1.54) is 18.5 Å². The standard InChI is InChI=1S/C16H11ClN2O3S2/c17-15(20)6-4-12-8-10-19(11-12)24(21,22)16-7-5-14(23-16)13-3-1-2-9-18-13/h1-11H/b6-4+. The maximum atomic E-state index is 12.7. The summed E-state index contributed by atoms with van der Waals surface area (Å²) >= 11 is 6.38. The predicted octanol–water partition coefficient (Wildman–Crippen LogP) is 3.63. The average Bonchev–Trinajstić information content (AvgIpc) is 3.24. The van der Waals surface area contributed by atoms with Gasteiger partial charge in [0, 0.05) is 18.6 Å². The van der Waals surface area contributed by atoms with Gasteiger partial charge in [-0.25, -0.2) is 3.97 Å². The molecule has 8 heteroatoms. The minimum atomic E-state index is -3.69. The highest BCUT2D eigenvalue weighted by Gasteiger charge is 2.19. The third kappa shape index (κ3) is 3.48. The third-order valence-electron chi connectivity index (χ3n) is 3.13. The summed E-state index contributed by atoms with van der Waals surface area (Å²) in [6.07, 6.45) is 7.12. The third-order valence-corrected chi connectivity index (χ3v) is 6.46. The van der Waals surface area contributed by atoms with E-state index in [0.29, 0.717) is 5.56 Å². The molecule has 24 heavy (non-hydrogen) atoms. The first kappa shape index (κ1) is 16.6. The van der Waals surface area contributed by atoms with Crippen LogP contribution in [0.3, 0.4) is 0 Å². The SMILES string of the molecule is O=C(Cl)/C=C/c1ccn(S(=O)(=O)c2ccc(-c3ccccn3)s2)c1. The first-order valence-corrected chi connectivity index (χ1v) is 9.42. The molecule has 3 aromatic heterocycles. The largest absolute Gasteiger partial charge is 0.277 e. The van der Waals surface area contributed by atoms with Gasteiger partial charge in [0.25, 0.3) is 10.0 Å². The molecule has 0 aromatic carbocycles. The summed E-state index contributed by atoms with van der Waals surface area (Å²) in [4.78, 5) is 15.7. The van der Waals surface area contributed by atoms with Gasteiger partial charge in [0.05, 0.1) is 10.6 Å². The van der Waals surface area contributed by atoms with Crippen LogP contribution >= 0.6 is 22.9 Å². The monoisotopic (exact) mass is 378 g/mol. The Hall–Kier alpha value is -2.22. The summed E-state index contributed by atoms with van der Waals surface area (Å²) in [6.45, 7) is 0. The van der Waals surface area contributed by atoms with Crippen LogP contribution in [0.25, 0.3) is 16.6 Å². The molecule has 0 aliphatic carbocycles. The van der Waals surface area contributed by atoms with Gasteiger partial charge in [-0.15, -0.1) is 11.3 Å². The van der Waals surface area contributed by atoms with Crippen molar-refractivity contribution in [2.45, 2.75) is 4.21 Å². The highest BCUT2D eigenvalue weighted by atomic mass is 35.5. The molecule has 0 saturated carbocycles. The normalized spacial score (nSPS) is 11.9. The second-order valence-electron chi connectivity index (χ2n) is 4.75. The molecular weight excluding hydrogens is 368 g/mol. The summed E-state index contributed by atoms with van der Waals surface area (Å²) in [5, 5.41) is -0.621. The second-order valence-corrected chi connectivity index (χ2v) is 8.28. The number of hydrogen-bond donors (Lipinski definition) is 0. The van der Waals surface area contributed by atoms with Crippen molar-refractivity contribution in [1.82, 2.24) is 8.96 Å². The number of thiophene rings is 1. The molecule has 0 spiro atoms. The van der Waals surface area contributed by atoms with Crippen LogP contribution < -0.4 is 0 Å². The Balaban J connectivity index is 1.92. The Labute approximate surface area is 147 Å². The van der Waals surface area contributed by atoms with E-state index in [1.54, 1.807) is 30.5 Å². The molecule has 0 radical (unpaired) electrons. The lowest BCUT2D eigenvalue weighted by molar-refractivity contribution is -0.107. The van der Waals surface area contributed by atoms with Gasteiger partial charge in [0.15, 0.2) is 0 Å². The summed E-state index contributed by atoms with van der Waals surface area (Å²) < 4.78 is 26.7. The number of hydrogen-bond acceptors (Lipinski definition) is 5. The van der Waals surface area contributed by atoms with Gasteiger partial charge in [0.2, 0.25) is 5.24 Å². The van der Waals surface area contributed by atoms with E-state index in [0.717, 1.165) is 32.0 Å². The Morgan fingerprint density at radius 3 is 2.75 bits per heavy atom. The molecule has 5 nitrogen and oxygen atoms in total. The molecule has 0 unspecified atom stereocenters. The molecule has 0 amide bonds. The number of carbonyl (C=O) groups is 1. The van der Waals surface area contributed by atoms with Crippen molar-refractivity contribution in [2.75, 3.05) is 0 Å². The number of halogens is 1. The highest BCUT2D eigenvalue weighted by Crippen LogP contribution is 2.30. The van der Waals surface area contributed by atoms with Crippen molar-refractivity contribution < 1.29 is 13.2 Å². The summed E-state index contributed by atoms with van der Waals surface area (Å²) in [5.41, 5.74) is 1.29. The molecular formula is C16H11ClN2O3S2. The van der Waals surface area contributed by atoms with Crippen LogP contribution in [0.2, 0.25) is 0 Å². The van der Waals surface area contributed by atoms with E-state index in [9.17, 15) is 13.2 Å². The van der Waals surface area contributed by atoms with Gasteiger partial charge in [-0.3, -0.25) is 9.78 Å². The van der Waals surface area contributed by atoms with Crippen molar-refractivity contribution in [3.05, 3.63) is 66.6 Å². The van der Waals surface area contributed by atoms with Crippen molar-refractivity contribution in [3.8, 4) is 10.6 Å². The molecule has 0 fully saturated rings. The first-order valence-electron chi connectivity index (χ1n) is 6.79. The van der Waals surface area contributed by atoms with Crippen LogP contribution in [-0.4, -0.2) is 22.6 Å². The smallest absolute Gasteiger partial charge is 0.276 e. The molecule has 0 aliphatic rings. The van der Waals surface area contributed by atoms with E-state index in [4.69, 9.17) is 11.6 Å². The van der Waals surface area contributed by atoms with Crippen molar-refractivity contribution in [2.24, 2.45) is 0 Å². The van der Waals surface area contributed by atoms with Crippen LogP contribution in [-0.2, 0) is 14.8 Å². The number of pyridine rings is 1. The van der Waals surface area contributed by atoms with Gasteiger partial charge < -0.3 is 0 Å². The van der Waals surface area contributed by atoms with E-state index >= 15 is 0 Å². The number of rotatable bonds is 5. The van der Waals surface area contributed by atoms with Gasteiger partial charge in [0.1, 0.15) is 4.21 Å². The molecule has 3 heterocycles. The van der Waals surface area contributed by atoms with Crippen LogP contribution in [0.4, 0.5) is 0 Å². The van der Waals surface area contributed by atoms with Crippen molar-refractivity contribution >= 4 is 44.3 Å². The van der Waals surface area contributed by atoms with Crippen LogP contribution in [0.5, 0.6) is 0 Å². The quantitative estimate of drug-likeness (QED) is 0.502. The fourth-order valence-corrected chi connectivity index (χ4v) is 4.67. The molecule has 0 aliphatic heterocycles. The molecule has 0 bridgehead atoms. The highest BCUT2D eigenvalue weighted by molar-refractivity contribution is 7.92. The zero-order chi connectivity index (χ0) is 17.2. The number of aromatic nitrogens is 2. The van der Waals surface area contributed by atoms with Gasteiger partial charge >= 0.3 is 0 Å². The number of allylic oxidation sites excluding steroid dienone is 1. The fourth-order valence-electron chi connectivity index (χ4n) is 2.01. The number of carbonyl (C=O) groups excluding carboxylic acids is 1. The summed E-state index contributed by atoms with van der Waals surface area (Å²) in [7, 11) is -3.69. The maximum Gasteiger partial charge on any atom is 0.277 e. The fraction of sp³-hybridized carbons (Fsp3) is 0. The lowest BCUT2D eigenvalue weighted by Crippen LogP contribution is -2.08. The van der Waals surface area contributed by atoms with Crippen LogP contribution in [0, 0.1) is 0 Å². The molecule has 0 N–H and O–H groups in total. The van der Waals surface area contributed by atoms with Crippen LogP contribution in [0.1, 0.15) is 5.56 Å². The summed E-state index contributed by atoms with van der Waals surface area (Å²) in [6, 6.07) is 10.3. The lowest BCUT2D eigenvalue weighted by Gasteiger charge is -2.02. The molecule has 0 saturated heterocycles. The Kier molecular flexibility index (Phi) is 4.66. The van der Waals surface area contributed by atoms with Crippen LogP contribution in [0.15, 0.2) is 65.3 Å². The van der Waals surface area contributed by atoms with Crippen molar-refractivity contribution in [1.29, 1.82) is 0 Å².